The van der Waals surface area contributed by atoms with Crippen molar-refractivity contribution in [2.45, 2.75) is 25.7 Å². The first kappa shape index (κ1) is 21.7. The molecule has 1 aromatic heterocycles. The number of nitrogens with one attached hydrogen (secondary N) is 1. The standard InChI is InChI=1S/C22H25N3O4S/c1-13-9-18(30(27,28)25(4)5)12-21(14(13)2)24-22(26)19-11-16-10-17(29-6)7-8-20(16)23-15(19)3/h7-12H,1-6H3,(H,24,26). The first-order valence-corrected chi connectivity index (χ1v) is 10.8. The summed E-state index contributed by atoms with van der Waals surface area (Å²) >= 11 is 0. The van der Waals surface area contributed by atoms with Gasteiger partial charge in [-0.25, -0.2) is 12.7 Å². The number of nitrogens with zero attached hydrogens (tertiary/aromatic N) is 2. The second-order valence-corrected chi connectivity index (χ2v) is 9.49. The fraction of sp³-hybridized carbons (Fsp3) is 0.273. The molecule has 0 fully saturated rings. The van der Waals surface area contributed by atoms with Crippen molar-refractivity contribution >= 4 is 32.5 Å². The van der Waals surface area contributed by atoms with Crippen LogP contribution in [0.15, 0.2) is 41.3 Å². The van der Waals surface area contributed by atoms with Gasteiger partial charge in [0.15, 0.2) is 0 Å². The Morgan fingerprint density at radius 1 is 1.07 bits per heavy atom. The Hall–Kier alpha value is -2.97. The quantitative estimate of drug-likeness (QED) is 0.671. The average molecular weight is 428 g/mol. The monoisotopic (exact) mass is 427 g/mol. The molecule has 1 amide bonds. The van der Waals surface area contributed by atoms with E-state index in [9.17, 15) is 13.2 Å². The second-order valence-electron chi connectivity index (χ2n) is 7.33. The van der Waals surface area contributed by atoms with Crippen molar-refractivity contribution in [3.8, 4) is 5.75 Å². The highest BCUT2D eigenvalue weighted by atomic mass is 32.2. The molecule has 0 saturated carbocycles. The van der Waals surface area contributed by atoms with Crippen LogP contribution < -0.4 is 10.1 Å². The number of ether oxygens (including phenoxy) is 1. The molecule has 1 heterocycles. The minimum absolute atomic E-state index is 0.129. The summed E-state index contributed by atoms with van der Waals surface area (Å²) in [6.07, 6.45) is 0. The molecular weight excluding hydrogens is 402 g/mol. The summed E-state index contributed by atoms with van der Waals surface area (Å²) in [5, 5.41) is 3.64. The zero-order chi connectivity index (χ0) is 22.2. The van der Waals surface area contributed by atoms with Crippen LogP contribution in [-0.4, -0.2) is 44.8 Å². The van der Waals surface area contributed by atoms with Crippen LogP contribution in [0.4, 0.5) is 5.69 Å². The number of aryl methyl sites for hydroxylation is 2. The molecule has 3 rings (SSSR count). The number of aromatic nitrogens is 1. The average Bonchev–Trinajstić information content (AvgIpc) is 2.69. The van der Waals surface area contributed by atoms with E-state index >= 15 is 0 Å². The maximum Gasteiger partial charge on any atom is 0.257 e. The Labute approximate surface area is 176 Å². The number of carbonyl (C=O) groups excluding carboxylic acids is 1. The van der Waals surface area contributed by atoms with Gasteiger partial charge in [-0.05, 0) is 68.3 Å². The summed E-state index contributed by atoms with van der Waals surface area (Å²) in [4.78, 5) is 17.7. The van der Waals surface area contributed by atoms with Crippen molar-refractivity contribution in [1.29, 1.82) is 0 Å². The van der Waals surface area contributed by atoms with E-state index in [1.54, 1.807) is 26.2 Å². The molecule has 7 nitrogen and oxygen atoms in total. The van der Waals surface area contributed by atoms with E-state index in [-0.39, 0.29) is 10.8 Å². The third-order valence-electron chi connectivity index (χ3n) is 5.12. The van der Waals surface area contributed by atoms with Crippen LogP contribution in [0.1, 0.15) is 27.2 Å². The molecule has 3 aromatic rings. The predicted molar refractivity (Wildman–Crippen MR) is 118 cm³/mol. The molecule has 0 spiro atoms. The number of hydrogen-bond acceptors (Lipinski definition) is 5. The molecule has 0 atom stereocenters. The molecule has 158 valence electrons. The van der Waals surface area contributed by atoms with Gasteiger partial charge in [-0.3, -0.25) is 9.78 Å². The molecule has 8 heteroatoms. The largest absolute Gasteiger partial charge is 0.497 e. The Balaban J connectivity index is 2.04. The van der Waals surface area contributed by atoms with Crippen LogP contribution in [-0.2, 0) is 10.0 Å². The van der Waals surface area contributed by atoms with E-state index in [4.69, 9.17) is 4.74 Å². The highest BCUT2D eigenvalue weighted by Gasteiger charge is 2.21. The molecule has 0 bridgehead atoms. The van der Waals surface area contributed by atoms with Gasteiger partial charge in [0, 0.05) is 25.2 Å². The predicted octanol–water partition coefficient (Wildman–Crippen LogP) is 3.67. The molecule has 0 saturated heterocycles. The van der Waals surface area contributed by atoms with Gasteiger partial charge < -0.3 is 10.1 Å². The summed E-state index contributed by atoms with van der Waals surface area (Å²) in [5.41, 5.74) is 3.77. The zero-order valence-electron chi connectivity index (χ0n) is 17.9. The number of amides is 1. The van der Waals surface area contributed by atoms with Gasteiger partial charge in [0.2, 0.25) is 10.0 Å². The highest BCUT2D eigenvalue weighted by Crippen LogP contribution is 2.27. The van der Waals surface area contributed by atoms with Crippen molar-refractivity contribution in [3.63, 3.8) is 0 Å². The molecule has 1 N–H and O–H groups in total. The lowest BCUT2D eigenvalue weighted by Gasteiger charge is -2.17. The van der Waals surface area contributed by atoms with E-state index in [1.165, 1.54) is 20.2 Å². The van der Waals surface area contributed by atoms with E-state index in [0.29, 0.717) is 22.7 Å². The van der Waals surface area contributed by atoms with Crippen LogP contribution >= 0.6 is 0 Å². The maximum atomic E-state index is 13.0. The Bertz CT molecular complexity index is 1250. The number of fused-ring (bicyclic) bond motifs is 1. The van der Waals surface area contributed by atoms with E-state index in [2.05, 4.69) is 10.3 Å². The van der Waals surface area contributed by atoms with E-state index in [1.807, 2.05) is 32.0 Å². The lowest BCUT2D eigenvalue weighted by atomic mass is 10.1. The number of sulfonamides is 1. The maximum absolute atomic E-state index is 13.0. The summed E-state index contributed by atoms with van der Waals surface area (Å²) in [7, 11) is 0.898. The van der Waals surface area contributed by atoms with Crippen molar-refractivity contribution in [3.05, 3.63) is 58.8 Å². The number of pyridine rings is 1. The van der Waals surface area contributed by atoms with Gasteiger partial charge in [-0.1, -0.05) is 0 Å². The Morgan fingerprint density at radius 3 is 2.40 bits per heavy atom. The summed E-state index contributed by atoms with van der Waals surface area (Å²) in [6, 6.07) is 10.3. The summed E-state index contributed by atoms with van der Waals surface area (Å²) in [6.45, 7) is 5.42. The number of methoxy groups -OCH3 is 1. The minimum Gasteiger partial charge on any atom is -0.497 e. The number of benzene rings is 2. The van der Waals surface area contributed by atoms with E-state index < -0.39 is 10.0 Å². The topological polar surface area (TPSA) is 88.6 Å². The number of hydrogen-bond donors (Lipinski definition) is 1. The third kappa shape index (κ3) is 4.01. The van der Waals surface area contributed by atoms with E-state index in [0.717, 1.165) is 26.3 Å². The Morgan fingerprint density at radius 2 is 1.77 bits per heavy atom. The van der Waals surface area contributed by atoms with Crippen molar-refractivity contribution in [2.24, 2.45) is 0 Å². The molecule has 30 heavy (non-hydrogen) atoms. The third-order valence-corrected chi connectivity index (χ3v) is 6.92. The highest BCUT2D eigenvalue weighted by molar-refractivity contribution is 7.89. The first-order valence-electron chi connectivity index (χ1n) is 9.35. The molecule has 0 unspecified atom stereocenters. The molecule has 0 aliphatic rings. The minimum atomic E-state index is -3.63. The molecule has 2 aromatic carbocycles. The number of rotatable bonds is 5. The zero-order valence-corrected chi connectivity index (χ0v) is 18.7. The number of carbonyl (C=O) groups is 1. The fourth-order valence-corrected chi connectivity index (χ4v) is 4.13. The molecule has 0 aliphatic carbocycles. The Kier molecular flexibility index (Phi) is 5.83. The second kappa shape index (κ2) is 8.04. The van der Waals surface area contributed by atoms with Crippen molar-refractivity contribution in [2.75, 3.05) is 26.5 Å². The van der Waals surface area contributed by atoms with Crippen molar-refractivity contribution < 1.29 is 17.9 Å². The fourth-order valence-electron chi connectivity index (χ4n) is 3.11. The molecular formula is C22H25N3O4S. The smallest absolute Gasteiger partial charge is 0.257 e. The van der Waals surface area contributed by atoms with Gasteiger partial charge in [0.05, 0.1) is 28.8 Å². The molecule has 0 radical (unpaired) electrons. The van der Waals surface area contributed by atoms with Crippen LogP contribution in [0.3, 0.4) is 0 Å². The van der Waals surface area contributed by atoms with Crippen LogP contribution in [0.25, 0.3) is 10.9 Å². The van der Waals surface area contributed by atoms with Gasteiger partial charge in [0.1, 0.15) is 5.75 Å². The van der Waals surface area contributed by atoms with Crippen molar-refractivity contribution in [1.82, 2.24) is 9.29 Å². The SMILES string of the molecule is COc1ccc2nc(C)c(C(=O)Nc3cc(S(=O)(=O)N(C)C)cc(C)c3C)cc2c1. The normalized spacial score (nSPS) is 11.7. The van der Waals surface area contributed by atoms with Gasteiger partial charge in [0.25, 0.3) is 5.91 Å². The molecule has 0 aliphatic heterocycles. The first-order chi connectivity index (χ1) is 14.0. The van der Waals surface area contributed by atoms with Crippen LogP contribution in [0.5, 0.6) is 5.75 Å². The summed E-state index contributed by atoms with van der Waals surface area (Å²) in [5.74, 6) is 0.319. The van der Waals surface area contributed by atoms with Gasteiger partial charge in [-0.15, -0.1) is 0 Å². The summed E-state index contributed by atoms with van der Waals surface area (Å²) < 4.78 is 31.5. The lowest BCUT2D eigenvalue weighted by Crippen LogP contribution is -2.23. The van der Waals surface area contributed by atoms with Crippen LogP contribution in [0.2, 0.25) is 0 Å². The van der Waals surface area contributed by atoms with Crippen LogP contribution in [0, 0.1) is 20.8 Å². The van der Waals surface area contributed by atoms with Gasteiger partial charge >= 0.3 is 0 Å². The lowest BCUT2D eigenvalue weighted by molar-refractivity contribution is 0.102. The van der Waals surface area contributed by atoms with Gasteiger partial charge in [-0.2, -0.15) is 0 Å². The number of anilines is 1.